The summed E-state index contributed by atoms with van der Waals surface area (Å²) in [5, 5.41) is 0. The van der Waals surface area contributed by atoms with E-state index in [1.165, 1.54) is 6.32 Å². The van der Waals surface area contributed by atoms with Crippen LogP contribution in [0.3, 0.4) is 0 Å². The second-order valence-corrected chi connectivity index (χ2v) is 4.39. The summed E-state index contributed by atoms with van der Waals surface area (Å²) in [4.78, 5) is 0. The van der Waals surface area contributed by atoms with Crippen molar-refractivity contribution in [2.24, 2.45) is 11.8 Å². The molecule has 1 heterocycles. The summed E-state index contributed by atoms with van der Waals surface area (Å²) in [5.74, 6) is 2.48. The number of hydrogen-bond donors (Lipinski definition) is 0. The van der Waals surface area contributed by atoms with Crippen molar-refractivity contribution in [3.63, 3.8) is 0 Å². The van der Waals surface area contributed by atoms with Gasteiger partial charge in [-0.15, -0.1) is 0 Å². The molecule has 1 saturated heterocycles. The first-order chi connectivity index (χ1) is 5.11. The van der Waals surface area contributed by atoms with Gasteiger partial charge in [0, 0.05) is 0 Å². The van der Waals surface area contributed by atoms with Crippen molar-refractivity contribution < 1.29 is 0 Å². The summed E-state index contributed by atoms with van der Waals surface area (Å²) >= 11 is 0. The van der Waals surface area contributed by atoms with E-state index in [-0.39, 0.29) is 0 Å². The highest BCUT2D eigenvalue weighted by Gasteiger charge is 2.29. The maximum Gasteiger partial charge on any atom is 0.108 e. The molecule has 0 bridgehead atoms. The van der Waals surface area contributed by atoms with Crippen molar-refractivity contribution >= 4 is 14.6 Å². The van der Waals surface area contributed by atoms with Crippen molar-refractivity contribution in [2.45, 2.75) is 45.5 Å². The highest BCUT2D eigenvalue weighted by atomic mass is 14.1. The van der Waals surface area contributed by atoms with E-state index in [1.54, 1.807) is 0 Å². The maximum atomic E-state index is 2.54. The summed E-state index contributed by atoms with van der Waals surface area (Å²) in [7, 11) is 5.02. The Labute approximate surface area is 72.6 Å². The first-order valence-corrected chi connectivity index (χ1v) is 4.79. The normalized spacial score (nSPS) is 30.7. The summed E-state index contributed by atoms with van der Waals surface area (Å²) in [6, 6.07) is 0. The number of hydrogen-bond acceptors (Lipinski definition) is 0. The molecule has 0 aromatic rings. The molecule has 0 N–H and O–H groups in total. The van der Waals surface area contributed by atoms with Gasteiger partial charge in [-0.05, 0) is 0 Å². The van der Waals surface area contributed by atoms with Gasteiger partial charge in [-0.2, -0.15) is 0 Å². The molecule has 2 unspecified atom stereocenters. The SMILES string of the molecule is CC(C)C1[B]CC(C(C)C)[B]1. The molecule has 1 aliphatic heterocycles. The molecule has 0 amide bonds. The van der Waals surface area contributed by atoms with Crippen LogP contribution in [0.25, 0.3) is 0 Å². The Morgan fingerprint density at radius 3 is 2.00 bits per heavy atom. The van der Waals surface area contributed by atoms with E-state index in [9.17, 15) is 0 Å². The predicted molar refractivity (Wildman–Crippen MR) is 53.5 cm³/mol. The fraction of sp³-hybridized carbons (Fsp3) is 1.00. The molecule has 2 heteroatoms. The molecule has 0 aromatic carbocycles. The van der Waals surface area contributed by atoms with Crippen LogP contribution >= 0.6 is 0 Å². The second kappa shape index (κ2) is 3.69. The zero-order valence-corrected chi connectivity index (χ0v) is 8.17. The molecule has 1 fully saturated rings. The van der Waals surface area contributed by atoms with E-state index in [1.807, 2.05) is 0 Å². The molecule has 11 heavy (non-hydrogen) atoms. The molecule has 1 aliphatic rings. The third kappa shape index (κ3) is 2.28. The lowest BCUT2D eigenvalue weighted by Gasteiger charge is -2.16. The quantitative estimate of drug-likeness (QED) is 0.528. The van der Waals surface area contributed by atoms with E-state index in [2.05, 4.69) is 42.3 Å². The molecule has 2 radical (unpaired) electrons. The lowest BCUT2D eigenvalue weighted by molar-refractivity contribution is 0.619. The molecular weight excluding hydrogens is 130 g/mol. The second-order valence-electron chi connectivity index (χ2n) is 4.39. The van der Waals surface area contributed by atoms with Crippen LogP contribution in [0.1, 0.15) is 27.7 Å². The highest BCUT2D eigenvalue weighted by molar-refractivity contribution is 6.65. The van der Waals surface area contributed by atoms with Gasteiger partial charge in [0.05, 0.1) is 0 Å². The van der Waals surface area contributed by atoms with Gasteiger partial charge in [0.2, 0.25) is 0 Å². The third-order valence-electron chi connectivity index (χ3n) is 2.78. The molecule has 0 spiro atoms. The molecule has 0 nitrogen and oxygen atoms in total. The third-order valence-corrected chi connectivity index (χ3v) is 2.78. The first kappa shape index (κ1) is 9.22. The van der Waals surface area contributed by atoms with Gasteiger partial charge >= 0.3 is 0 Å². The first-order valence-electron chi connectivity index (χ1n) is 4.79. The lowest BCUT2D eigenvalue weighted by Crippen LogP contribution is -2.11. The van der Waals surface area contributed by atoms with Gasteiger partial charge in [-0.3, -0.25) is 0 Å². The molecule has 1 rings (SSSR count). The number of rotatable bonds is 2. The maximum absolute atomic E-state index is 2.54. The van der Waals surface area contributed by atoms with Crippen molar-refractivity contribution in [2.75, 3.05) is 0 Å². The van der Waals surface area contributed by atoms with Crippen LogP contribution in [0.5, 0.6) is 0 Å². The molecule has 0 aliphatic carbocycles. The fourth-order valence-corrected chi connectivity index (χ4v) is 1.75. The van der Waals surface area contributed by atoms with E-state index in [0.717, 1.165) is 23.4 Å². The minimum Gasteiger partial charge on any atom is -0.0921 e. The zero-order chi connectivity index (χ0) is 8.43. The van der Waals surface area contributed by atoms with E-state index in [0.29, 0.717) is 0 Å². The average molecular weight is 148 g/mol. The average Bonchev–Trinajstić information content (AvgIpc) is 2.33. The Morgan fingerprint density at radius 1 is 1.09 bits per heavy atom. The van der Waals surface area contributed by atoms with Crippen LogP contribution in [0.4, 0.5) is 0 Å². The topological polar surface area (TPSA) is 0 Å². The van der Waals surface area contributed by atoms with E-state index in [4.69, 9.17) is 0 Å². The van der Waals surface area contributed by atoms with Crippen LogP contribution < -0.4 is 0 Å². The molecule has 0 aromatic heterocycles. The Hall–Kier alpha value is 0.130. The summed E-state index contributed by atoms with van der Waals surface area (Å²) in [5.41, 5.74) is 0.780. The van der Waals surface area contributed by atoms with Crippen LogP contribution in [0.15, 0.2) is 0 Å². The summed E-state index contributed by atoms with van der Waals surface area (Å²) in [6.07, 6.45) is 1.31. The van der Waals surface area contributed by atoms with E-state index < -0.39 is 0 Å². The summed E-state index contributed by atoms with van der Waals surface area (Å²) in [6.45, 7) is 9.25. The van der Waals surface area contributed by atoms with Gasteiger partial charge in [0.25, 0.3) is 0 Å². The molecular formula is C9H18B2. The fourth-order valence-electron chi connectivity index (χ4n) is 1.75. The van der Waals surface area contributed by atoms with E-state index >= 15 is 0 Å². The standard InChI is InChI=1S/C9H18B2/c1-6(2)8-5-10-9(11-8)7(3)4/h6-9H,5H2,1-4H3. The minimum atomic E-state index is 0.780. The Bertz CT molecular complexity index is 107. The van der Waals surface area contributed by atoms with Gasteiger partial charge in [-0.25, -0.2) is 0 Å². The van der Waals surface area contributed by atoms with Gasteiger partial charge < -0.3 is 0 Å². The smallest absolute Gasteiger partial charge is 0.0921 e. The van der Waals surface area contributed by atoms with Crippen molar-refractivity contribution in [3.8, 4) is 0 Å². The summed E-state index contributed by atoms with van der Waals surface area (Å²) < 4.78 is 0. The predicted octanol–water partition coefficient (Wildman–Crippen LogP) is 2.67. The Balaban J connectivity index is 2.35. The van der Waals surface area contributed by atoms with Crippen LogP contribution in [0.2, 0.25) is 17.9 Å². The van der Waals surface area contributed by atoms with Crippen molar-refractivity contribution in [1.82, 2.24) is 0 Å². The Kier molecular flexibility index (Phi) is 3.09. The minimum absolute atomic E-state index is 0.780. The van der Waals surface area contributed by atoms with Crippen LogP contribution in [0, 0.1) is 11.8 Å². The molecule has 0 saturated carbocycles. The zero-order valence-electron chi connectivity index (χ0n) is 8.17. The van der Waals surface area contributed by atoms with Gasteiger partial charge in [0.15, 0.2) is 0 Å². The van der Waals surface area contributed by atoms with Crippen molar-refractivity contribution in [3.05, 3.63) is 0 Å². The molecule has 2 atom stereocenters. The van der Waals surface area contributed by atoms with Crippen LogP contribution in [-0.4, -0.2) is 14.6 Å². The largest absolute Gasteiger partial charge is 0.108 e. The highest BCUT2D eigenvalue weighted by Crippen LogP contribution is 2.36. The lowest BCUT2D eigenvalue weighted by atomic mass is 9.47. The van der Waals surface area contributed by atoms with Crippen LogP contribution in [-0.2, 0) is 0 Å². The van der Waals surface area contributed by atoms with Crippen molar-refractivity contribution in [1.29, 1.82) is 0 Å². The Morgan fingerprint density at radius 2 is 1.73 bits per heavy atom. The molecule has 60 valence electrons. The monoisotopic (exact) mass is 148 g/mol. The van der Waals surface area contributed by atoms with Gasteiger partial charge in [0.1, 0.15) is 14.6 Å². The van der Waals surface area contributed by atoms with Gasteiger partial charge in [-0.1, -0.05) is 57.4 Å².